The van der Waals surface area contributed by atoms with E-state index < -0.39 is 9.84 Å². The number of fused-ring (bicyclic) bond motifs is 1. The first-order valence-corrected chi connectivity index (χ1v) is 7.78. The Balaban J connectivity index is 1.71. The number of aromatic amines is 1. The summed E-state index contributed by atoms with van der Waals surface area (Å²) in [6, 6.07) is -0.334. The number of hydrogen-bond acceptors (Lipinski definition) is 6. The molecule has 0 amide bonds. The van der Waals surface area contributed by atoms with Crippen molar-refractivity contribution in [3.05, 3.63) is 24.1 Å². The summed E-state index contributed by atoms with van der Waals surface area (Å²) in [5.74, 6) is 0.479. The van der Waals surface area contributed by atoms with Crippen LogP contribution in [0.4, 0.5) is 5.82 Å². The van der Waals surface area contributed by atoms with E-state index in [0.717, 1.165) is 0 Å². The number of nitrogens with zero attached hydrogens (tertiary/aromatic N) is 3. The molecule has 10 heteroatoms. The predicted molar refractivity (Wildman–Crippen MR) is 77.8 cm³/mol. The van der Waals surface area contributed by atoms with E-state index in [4.69, 9.17) is 12.2 Å². The summed E-state index contributed by atoms with van der Waals surface area (Å²) in [5.41, 5.74) is 1.15. The lowest BCUT2D eigenvalue weighted by Gasteiger charge is -2.13. The van der Waals surface area contributed by atoms with Gasteiger partial charge in [0.15, 0.2) is 26.4 Å². The van der Waals surface area contributed by atoms with E-state index in [1.54, 1.807) is 6.08 Å². The number of rotatable bonds is 2. The van der Waals surface area contributed by atoms with Gasteiger partial charge in [-0.2, -0.15) is 0 Å². The first kappa shape index (κ1) is 12.9. The minimum absolute atomic E-state index is 0.00192. The van der Waals surface area contributed by atoms with Gasteiger partial charge in [0, 0.05) is 5.41 Å². The zero-order chi connectivity index (χ0) is 14.2. The van der Waals surface area contributed by atoms with E-state index in [0.29, 0.717) is 17.0 Å². The average molecular weight is 310 g/mol. The second-order valence-corrected chi connectivity index (χ2v) is 6.53. The SMILES string of the molecule is O=S1(=O)C=C[C@@H](NC(=S)Nc2ncnc3nc[nH]c23)C1. The number of sulfone groups is 1. The molecule has 104 valence electrons. The molecule has 3 rings (SSSR count). The topological polar surface area (TPSA) is 113 Å². The molecule has 0 aromatic carbocycles. The van der Waals surface area contributed by atoms with Gasteiger partial charge in [0.2, 0.25) is 0 Å². The smallest absolute Gasteiger partial charge is 0.182 e. The summed E-state index contributed by atoms with van der Waals surface area (Å²) in [6.45, 7) is 0. The van der Waals surface area contributed by atoms with Gasteiger partial charge in [-0.25, -0.2) is 23.4 Å². The summed E-state index contributed by atoms with van der Waals surface area (Å²) < 4.78 is 22.6. The van der Waals surface area contributed by atoms with Gasteiger partial charge in [0.05, 0.1) is 18.1 Å². The van der Waals surface area contributed by atoms with Crippen molar-refractivity contribution in [3.8, 4) is 0 Å². The maximum Gasteiger partial charge on any atom is 0.182 e. The molecule has 1 aliphatic heterocycles. The van der Waals surface area contributed by atoms with Crippen LogP contribution in [-0.2, 0) is 9.84 Å². The molecule has 1 atom stereocenters. The lowest BCUT2D eigenvalue weighted by molar-refractivity contribution is 0.603. The quantitative estimate of drug-likeness (QED) is 0.662. The van der Waals surface area contributed by atoms with Crippen LogP contribution in [0.2, 0.25) is 0 Å². The number of hydrogen-bond donors (Lipinski definition) is 3. The Hall–Kier alpha value is -2.07. The average Bonchev–Trinajstić information content (AvgIpc) is 2.96. The van der Waals surface area contributed by atoms with Gasteiger partial charge in [-0.1, -0.05) is 0 Å². The zero-order valence-electron chi connectivity index (χ0n) is 10.1. The molecular formula is C10H10N6O2S2. The van der Waals surface area contributed by atoms with Crippen molar-refractivity contribution in [2.45, 2.75) is 6.04 Å². The van der Waals surface area contributed by atoms with Gasteiger partial charge in [-0.3, -0.25) is 0 Å². The summed E-state index contributed by atoms with van der Waals surface area (Å²) in [4.78, 5) is 15.0. The molecule has 20 heavy (non-hydrogen) atoms. The molecule has 0 bridgehead atoms. The number of aromatic nitrogens is 4. The lowest BCUT2D eigenvalue weighted by atomic mass is 10.3. The molecule has 0 radical (unpaired) electrons. The molecule has 1 aliphatic rings. The molecule has 0 saturated heterocycles. The van der Waals surface area contributed by atoms with E-state index in [9.17, 15) is 8.42 Å². The fraction of sp³-hybridized carbons (Fsp3) is 0.200. The molecular weight excluding hydrogens is 300 g/mol. The molecule has 0 saturated carbocycles. The van der Waals surface area contributed by atoms with Crippen molar-refractivity contribution in [2.24, 2.45) is 0 Å². The Bertz CT molecular complexity index is 797. The van der Waals surface area contributed by atoms with Crippen LogP contribution in [0.5, 0.6) is 0 Å². The third-order valence-corrected chi connectivity index (χ3v) is 4.32. The van der Waals surface area contributed by atoms with Crippen molar-refractivity contribution < 1.29 is 8.42 Å². The van der Waals surface area contributed by atoms with Crippen LogP contribution in [0, 0.1) is 0 Å². The number of thiocarbonyl (C=S) groups is 1. The minimum Gasteiger partial charge on any atom is -0.355 e. The van der Waals surface area contributed by atoms with Crippen molar-refractivity contribution in [1.82, 2.24) is 25.3 Å². The fourth-order valence-electron chi connectivity index (χ4n) is 1.84. The fourth-order valence-corrected chi connectivity index (χ4v) is 3.32. The molecule has 3 heterocycles. The van der Waals surface area contributed by atoms with Crippen LogP contribution in [0.25, 0.3) is 11.2 Å². The third-order valence-electron chi connectivity index (χ3n) is 2.70. The van der Waals surface area contributed by atoms with Crippen LogP contribution >= 0.6 is 12.2 Å². The summed E-state index contributed by atoms with van der Waals surface area (Å²) in [5, 5.41) is 7.26. The Morgan fingerprint density at radius 3 is 3.00 bits per heavy atom. The highest BCUT2D eigenvalue weighted by Gasteiger charge is 2.22. The van der Waals surface area contributed by atoms with Gasteiger partial charge in [-0.05, 0) is 18.3 Å². The first-order chi connectivity index (χ1) is 9.53. The molecule has 2 aromatic heterocycles. The van der Waals surface area contributed by atoms with Gasteiger partial charge in [0.1, 0.15) is 11.8 Å². The summed E-state index contributed by atoms with van der Waals surface area (Å²) in [7, 11) is -3.11. The van der Waals surface area contributed by atoms with E-state index in [1.165, 1.54) is 18.1 Å². The van der Waals surface area contributed by atoms with Gasteiger partial charge < -0.3 is 15.6 Å². The minimum atomic E-state index is -3.11. The van der Waals surface area contributed by atoms with Gasteiger partial charge >= 0.3 is 0 Å². The van der Waals surface area contributed by atoms with Gasteiger partial charge in [0.25, 0.3) is 0 Å². The summed E-state index contributed by atoms with van der Waals surface area (Å²) >= 11 is 5.14. The van der Waals surface area contributed by atoms with E-state index in [2.05, 4.69) is 30.6 Å². The lowest BCUT2D eigenvalue weighted by Crippen LogP contribution is -2.38. The number of H-pyrrole nitrogens is 1. The van der Waals surface area contributed by atoms with E-state index in [-0.39, 0.29) is 16.9 Å². The molecule has 0 spiro atoms. The third kappa shape index (κ3) is 2.60. The largest absolute Gasteiger partial charge is 0.355 e. The Labute approximate surface area is 119 Å². The highest BCUT2D eigenvalue weighted by atomic mass is 32.2. The molecule has 3 N–H and O–H groups in total. The molecule has 2 aromatic rings. The normalized spacial score (nSPS) is 20.1. The molecule has 0 unspecified atom stereocenters. The number of anilines is 1. The van der Waals surface area contributed by atoms with Crippen molar-refractivity contribution in [1.29, 1.82) is 0 Å². The van der Waals surface area contributed by atoms with Crippen LogP contribution in [0.1, 0.15) is 0 Å². The predicted octanol–water partition coefficient (Wildman–Crippen LogP) is -0.0500. The van der Waals surface area contributed by atoms with Crippen LogP contribution < -0.4 is 10.6 Å². The molecule has 0 fully saturated rings. The second-order valence-electron chi connectivity index (χ2n) is 4.19. The van der Waals surface area contributed by atoms with Crippen LogP contribution in [0.15, 0.2) is 24.1 Å². The number of nitrogens with one attached hydrogen (secondary N) is 3. The van der Waals surface area contributed by atoms with Gasteiger partial charge in [-0.15, -0.1) is 0 Å². The Morgan fingerprint density at radius 1 is 1.40 bits per heavy atom. The Kier molecular flexibility index (Phi) is 3.10. The molecule has 0 aliphatic carbocycles. The second kappa shape index (κ2) is 4.80. The monoisotopic (exact) mass is 310 g/mol. The van der Waals surface area contributed by atoms with Crippen LogP contribution in [-0.4, -0.2) is 45.3 Å². The maximum atomic E-state index is 11.3. The van der Waals surface area contributed by atoms with E-state index >= 15 is 0 Å². The standard InChI is InChI=1S/C10H10N6O2S2/c17-20(18)2-1-6(3-20)15-10(19)16-9-7-8(12-4-11-7)13-5-14-9/h1-2,4-6H,3H2,(H3,11,12,13,14,15,16,19)/t6-/m1/s1. The van der Waals surface area contributed by atoms with Crippen molar-refractivity contribution in [2.75, 3.05) is 11.1 Å². The van der Waals surface area contributed by atoms with E-state index in [1.807, 2.05) is 0 Å². The zero-order valence-corrected chi connectivity index (χ0v) is 11.7. The highest BCUT2D eigenvalue weighted by Crippen LogP contribution is 2.14. The molecule has 8 nitrogen and oxygen atoms in total. The number of imidazole rings is 1. The Morgan fingerprint density at radius 2 is 2.25 bits per heavy atom. The highest BCUT2D eigenvalue weighted by molar-refractivity contribution is 7.94. The summed E-state index contributed by atoms with van der Waals surface area (Å²) in [6.07, 6.45) is 4.44. The first-order valence-electron chi connectivity index (χ1n) is 5.66. The van der Waals surface area contributed by atoms with Crippen LogP contribution in [0.3, 0.4) is 0 Å². The van der Waals surface area contributed by atoms with Crippen molar-refractivity contribution >= 4 is 44.1 Å². The maximum absolute atomic E-state index is 11.3. The van der Waals surface area contributed by atoms with Crippen molar-refractivity contribution in [3.63, 3.8) is 0 Å².